The molecule has 0 fully saturated rings. The second kappa shape index (κ2) is 6.93. The van der Waals surface area contributed by atoms with Crippen LogP contribution >= 0.6 is 0 Å². The van der Waals surface area contributed by atoms with Gasteiger partial charge in [-0.25, -0.2) is 4.98 Å². The van der Waals surface area contributed by atoms with Crippen molar-refractivity contribution in [3.05, 3.63) is 18.1 Å². The Bertz CT molecular complexity index is 394. The Morgan fingerprint density at radius 2 is 2.17 bits per heavy atom. The van der Waals surface area contributed by atoms with Crippen molar-refractivity contribution in [2.75, 3.05) is 12.3 Å². The average molecular weight is 250 g/mol. The minimum absolute atomic E-state index is 0.0856. The number of anilines is 1. The number of rotatable bonds is 6. The van der Waals surface area contributed by atoms with Crippen LogP contribution in [0.3, 0.4) is 0 Å². The summed E-state index contributed by atoms with van der Waals surface area (Å²) in [5.74, 6) is 0.193. The lowest BCUT2D eigenvalue weighted by Gasteiger charge is -2.28. The molecule has 1 aromatic rings. The lowest BCUT2D eigenvalue weighted by molar-refractivity contribution is 0.0679. The first-order valence-corrected chi connectivity index (χ1v) is 6.48. The Labute approximate surface area is 108 Å². The van der Waals surface area contributed by atoms with Gasteiger partial charge in [-0.2, -0.15) is 0 Å². The number of nitrogens with zero attached hydrogens (tertiary/aromatic N) is 3. The second-order valence-electron chi connectivity index (χ2n) is 4.44. The van der Waals surface area contributed by atoms with Crippen LogP contribution in [0.1, 0.15) is 50.5 Å². The van der Waals surface area contributed by atoms with Crippen LogP contribution < -0.4 is 5.73 Å². The smallest absolute Gasteiger partial charge is 0.274 e. The van der Waals surface area contributed by atoms with Gasteiger partial charge in [-0.15, -0.1) is 0 Å². The maximum absolute atomic E-state index is 12.4. The number of amides is 1. The van der Waals surface area contributed by atoms with Gasteiger partial charge in [0.25, 0.3) is 5.91 Å². The van der Waals surface area contributed by atoms with Crippen molar-refractivity contribution in [3.8, 4) is 0 Å². The molecule has 0 aliphatic heterocycles. The van der Waals surface area contributed by atoms with E-state index in [1.165, 1.54) is 12.4 Å². The summed E-state index contributed by atoms with van der Waals surface area (Å²) in [6.45, 7) is 6.98. The van der Waals surface area contributed by atoms with Crippen molar-refractivity contribution in [2.24, 2.45) is 0 Å². The van der Waals surface area contributed by atoms with Gasteiger partial charge in [-0.05, 0) is 19.8 Å². The number of hydrogen-bond donors (Lipinski definition) is 1. The minimum atomic E-state index is -0.0856. The number of nitrogens with two attached hydrogens (primary N) is 1. The molecule has 5 nitrogen and oxygen atoms in total. The Balaban J connectivity index is 2.87. The van der Waals surface area contributed by atoms with E-state index < -0.39 is 0 Å². The Morgan fingerprint density at radius 1 is 1.44 bits per heavy atom. The maximum Gasteiger partial charge on any atom is 0.274 e. The van der Waals surface area contributed by atoms with Crippen molar-refractivity contribution in [2.45, 2.75) is 46.1 Å². The predicted octanol–water partition coefficient (Wildman–Crippen LogP) is 2.10. The normalized spacial score (nSPS) is 12.2. The summed E-state index contributed by atoms with van der Waals surface area (Å²) < 4.78 is 0. The number of nitrogen functional groups attached to an aromatic ring is 1. The quantitative estimate of drug-likeness (QED) is 0.839. The van der Waals surface area contributed by atoms with E-state index in [4.69, 9.17) is 5.73 Å². The van der Waals surface area contributed by atoms with E-state index in [-0.39, 0.29) is 17.8 Å². The molecule has 100 valence electrons. The van der Waals surface area contributed by atoms with Crippen molar-refractivity contribution >= 4 is 11.7 Å². The van der Waals surface area contributed by atoms with Gasteiger partial charge in [0.2, 0.25) is 0 Å². The van der Waals surface area contributed by atoms with Crippen LogP contribution in [-0.4, -0.2) is 33.4 Å². The van der Waals surface area contributed by atoms with Crippen LogP contribution in [0.4, 0.5) is 5.82 Å². The first-order valence-electron chi connectivity index (χ1n) is 6.48. The Morgan fingerprint density at radius 3 is 2.72 bits per heavy atom. The summed E-state index contributed by atoms with van der Waals surface area (Å²) in [4.78, 5) is 22.2. The molecule has 0 aliphatic rings. The van der Waals surface area contributed by atoms with Crippen LogP contribution in [0.25, 0.3) is 0 Å². The van der Waals surface area contributed by atoms with Crippen molar-refractivity contribution < 1.29 is 4.79 Å². The van der Waals surface area contributed by atoms with Crippen LogP contribution in [0.2, 0.25) is 0 Å². The molecule has 2 N–H and O–H groups in total. The summed E-state index contributed by atoms with van der Waals surface area (Å²) in [6, 6.07) is 0.201. The van der Waals surface area contributed by atoms with Crippen LogP contribution in [0.15, 0.2) is 12.4 Å². The SMILES string of the molecule is CCCCN(C(=O)c1cncc(N)n1)C(C)CC. The first-order chi connectivity index (χ1) is 8.60. The summed E-state index contributed by atoms with van der Waals surface area (Å²) in [5, 5.41) is 0. The number of unbranched alkanes of at least 4 members (excludes halogenated alkanes) is 1. The van der Waals surface area contributed by atoms with Gasteiger partial charge in [0, 0.05) is 12.6 Å². The highest BCUT2D eigenvalue weighted by atomic mass is 16.2. The molecule has 1 unspecified atom stereocenters. The highest BCUT2D eigenvalue weighted by molar-refractivity contribution is 5.92. The van der Waals surface area contributed by atoms with Crippen LogP contribution in [0.5, 0.6) is 0 Å². The molecule has 0 saturated heterocycles. The monoisotopic (exact) mass is 250 g/mol. The number of carbonyl (C=O) groups excluding carboxylic acids is 1. The second-order valence-corrected chi connectivity index (χ2v) is 4.44. The molecule has 1 rings (SSSR count). The number of hydrogen-bond acceptors (Lipinski definition) is 4. The molecule has 0 aliphatic carbocycles. The first kappa shape index (κ1) is 14.4. The van der Waals surface area contributed by atoms with Gasteiger partial charge in [-0.1, -0.05) is 20.3 Å². The zero-order valence-electron chi connectivity index (χ0n) is 11.4. The van der Waals surface area contributed by atoms with Gasteiger partial charge in [0.05, 0.1) is 12.4 Å². The highest BCUT2D eigenvalue weighted by Crippen LogP contribution is 2.11. The Kier molecular flexibility index (Phi) is 5.55. The standard InChI is InChI=1S/C13H22N4O/c1-4-6-7-17(10(3)5-2)13(18)11-8-15-9-12(14)16-11/h8-10H,4-7H2,1-3H3,(H2,14,16). The topological polar surface area (TPSA) is 72.1 Å². The third-order valence-electron chi connectivity index (χ3n) is 3.01. The molecule has 0 bridgehead atoms. The van der Waals surface area contributed by atoms with Gasteiger partial charge < -0.3 is 10.6 Å². The maximum atomic E-state index is 12.4. The van der Waals surface area contributed by atoms with E-state index in [2.05, 4.69) is 23.8 Å². The van der Waals surface area contributed by atoms with E-state index in [1.54, 1.807) is 0 Å². The van der Waals surface area contributed by atoms with E-state index in [9.17, 15) is 4.79 Å². The fraction of sp³-hybridized carbons (Fsp3) is 0.615. The summed E-state index contributed by atoms with van der Waals surface area (Å²) >= 11 is 0. The molecular weight excluding hydrogens is 228 g/mol. The molecular formula is C13H22N4O. The molecule has 0 aromatic carbocycles. The third-order valence-corrected chi connectivity index (χ3v) is 3.01. The van der Waals surface area contributed by atoms with Crippen molar-refractivity contribution in [3.63, 3.8) is 0 Å². The van der Waals surface area contributed by atoms with E-state index in [1.807, 2.05) is 11.8 Å². The lowest BCUT2D eigenvalue weighted by Crippen LogP contribution is -2.39. The van der Waals surface area contributed by atoms with Gasteiger partial charge >= 0.3 is 0 Å². The molecule has 5 heteroatoms. The molecule has 0 saturated carbocycles. The van der Waals surface area contributed by atoms with Gasteiger partial charge in [0.15, 0.2) is 0 Å². The van der Waals surface area contributed by atoms with Gasteiger partial charge in [0.1, 0.15) is 11.5 Å². The van der Waals surface area contributed by atoms with Crippen molar-refractivity contribution in [1.29, 1.82) is 0 Å². The number of carbonyl (C=O) groups is 1. The van der Waals surface area contributed by atoms with Crippen LogP contribution in [-0.2, 0) is 0 Å². The molecule has 18 heavy (non-hydrogen) atoms. The molecule has 1 aromatic heterocycles. The largest absolute Gasteiger partial charge is 0.382 e. The minimum Gasteiger partial charge on any atom is -0.382 e. The summed E-state index contributed by atoms with van der Waals surface area (Å²) in [6.07, 6.45) is 5.89. The van der Waals surface area contributed by atoms with Crippen molar-refractivity contribution in [1.82, 2.24) is 14.9 Å². The molecule has 1 amide bonds. The fourth-order valence-corrected chi connectivity index (χ4v) is 1.70. The number of aromatic nitrogens is 2. The summed E-state index contributed by atoms with van der Waals surface area (Å²) in [5.41, 5.74) is 5.89. The third kappa shape index (κ3) is 3.68. The molecule has 0 spiro atoms. The molecule has 1 heterocycles. The van der Waals surface area contributed by atoms with Gasteiger partial charge in [-0.3, -0.25) is 9.78 Å². The van der Waals surface area contributed by atoms with E-state index >= 15 is 0 Å². The molecule has 1 atom stereocenters. The zero-order chi connectivity index (χ0) is 13.5. The predicted molar refractivity (Wildman–Crippen MR) is 72.1 cm³/mol. The summed E-state index contributed by atoms with van der Waals surface area (Å²) in [7, 11) is 0. The highest BCUT2D eigenvalue weighted by Gasteiger charge is 2.21. The lowest BCUT2D eigenvalue weighted by atomic mass is 10.2. The van der Waals surface area contributed by atoms with Crippen LogP contribution in [0, 0.1) is 0 Å². The average Bonchev–Trinajstić information content (AvgIpc) is 2.38. The Hall–Kier alpha value is -1.65. The zero-order valence-corrected chi connectivity index (χ0v) is 11.4. The fourth-order valence-electron chi connectivity index (χ4n) is 1.70. The molecule has 0 radical (unpaired) electrons. The van der Waals surface area contributed by atoms with E-state index in [0.717, 1.165) is 25.8 Å². The van der Waals surface area contributed by atoms with E-state index in [0.29, 0.717) is 5.69 Å².